The van der Waals surface area contributed by atoms with Crippen LogP contribution in [0.25, 0.3) is 0 Å². The largest absolute Gasteiger partial charge is 0.508 e. The molecule has 96 valence electrons. The summed E-state index contributed by atoms with van der Waals surface area (Å²) in [7, 11) is 0. The van der Waals surface area contributed by atoms with E-state index >= 15 is 0 Å². The molecule has 0 spiro atoms. The molecule has 0 aliphatic heterocycles. The first-order valence-corrected chi connectivity index (χ1v) is 6.12. The molecule has 1 aromatic heterocycles. The summed E-state index contributed by atoms with van der Waals surface area (Å²) in [5, 5.41) is 12.7. The van der Waals surface area contributed by atoms with Crippen molar-refractivity contribution in [3.05, 3.63) is 42.0 Å². The Balaban J connectivity index is 2.09. The lowest BCUT2D eigenvalue weighted by Gasteiger charge is -2.14. The van der Waals surface area contributed by atoms with Gasteiger partial charge in [0.1, 0.15) is 5.75 Å². The minimum Gasteiger partial charge on any atom is -0.508 e. The third kappa shape index (κ3) is 2.64. The van der Waals surface area contributed by atoms with Gasteiger partial charge < -0.3 is 15.0 Å². The van der Waals surface area contributed by atoms with E-state index < -0.39 is 0 Å². The van der Waals surface area contributed by atoms with E-state index in [1.54, 1.807) is 12.1 Å². The molecule has 2 rings (SSSR count). The summed E-state index contributed by atoms with van der Waals surface area (Å²) in [5.41, 5.74) is 3.22. The number of hydrogen-bond donors (Lipinski definition) is 2. The van der Waals surface area contributed by atoms with Gasteiger partial charge in [-0.2, -0.15) is 0 Å². The van der Waals surface area contributed by atoms with Gasteiger partial charge in [-0.25, -0.2) is 4.98 Å². The number of hydrogen-bond acceptors (Lipinski definition) is 3. The minimum absolute atomic E-state index is 0.297. The summed E-state index contributed by atoms with van der Waals surface area (Å²) in [6.45, 7) is 6.97. The first-order valence-electron chi connectivity index (χ1n) is 6.12. The second kappa shape index (κ2) is 5.12. The molecule has 0 aliphatic carbocycles. The Hall–Kier alpha value is -1.97. The van der Waals surface area contributed by atoms with Crippen molar-refractivity contribution in [2.45, 2.75) is 33.4 Å². The number of phenols is 1. The molecule has 18 heavy (non-hydrogen) atoms. The van der Waals surface area contributed by atoms with E-state index in [1.807, 2.05) is 25.5 Å². The zero-order valence-electron chi connectivity index (χ0n) is 11.0. The van der Waals surface area contributed by atoms with E-state index in [9.17, 15) is 5.11 Å². The molecule has 4 heteroatoms. The second-order valence-electron chi connectivity index (χ2n) is 4.74. The molecule has 0 saturated heterocycles. The summed E-state index contributed by atoms with van der Waals surface area (Å²) in [4.78, 5) is 4.18. The Morgan fingerprint density at radius 3 is 2.83 bits per heavy atom. The van der Waals surface area contributed by atoms with Crippen LogP contribution in [0.1, 0.15) is 31.1 Å². The van der Waals surface area contributed by atoms with Crippen LogP contribution in [0.2, 0.25) is 0 Å². The number of aromatic nitrogens is 2. The van der Waals surface area contributed by atoms with Crippen LogP contribution in [0.3, 0.4) is 0 Å². The molecule has 1 heterocycles. The van der Waals surface area contributed by atoms with Crippen molar-refractivity contribution in [3.8, 4) is 5.75 Å². The second-order valence-corrected chi connectivity index (χ2v) is 4.74. The number of benzene rings is 1. The molecule has 1 aromatic carbocycles. The van der Waals surface area contributed by atoms with E-state index in [4.69, 9.17) is 0 Å². The Morgan fingerprint density at radius 2 is 2.17 bits per heavy atom. The molecule has 0 atom stereocenters. The van der Waals surface area contributed by atoms with E-state index in [-0.39, 0.29) is 0 Å². The van der Waals surface area contributed by atoms with Crippen molar-refractivity contribution in [1.29, 1.82) is 0 Å². The van der Waals surface area contributed by atoms with Crippen LogP contribution in [-0.4, -0.2) is 14.7 Å². The molecule has 0 saturated carbocycles. The highest BCUT2D eigenvalue weighted by Gasteiger charge is 2.06. The van der Waals surface area contributed by atoms with Crippen LogP contribution < -0.4 is 5.32 Å². The van der Waals surface area contributed by atoms with Crippen LogP contribution in [-0.2, 0) is 6.54 Å². The van der Waals surface area contributed by atoms with Gasteiger partial charge in [-0.15, -0.1) is 0 Å². The average Bonchev–Trinajstić information content (AvgIpc) is 2.76. The van der Waals surface area contributed by atoms with Crippen molar-refractivity contribution in [3.63, 3.8) is 0 Å². The normalized spacial score (nSPS) is 10.9. The fourth-order valence-electron chi connectivity index (χ4n) is 1.97. The fourth-order valence-corrected chi connectivity index (χ4v) is 1.97. The van der Waals surface area contributed by atoms with Gasteiger partial charge in [0.25, 0.3) is 0 Å². The molecule has 4 nitrogen and oxygen atoms in total. The molecule has 2 aromatic rings. The summed E-state index contributed by atoms with van der Waals surface area (Å²) < 4.78 is 2.14. The van der Waals surface area contributed by atoms with Crippen LogP contribution in [0.15, 0.2) is 30.7 Å². The maximum atomic E-state index is 9.36. The third-order valence-electron chi connectivity index (χ3n) is 2.97. The standard InChI is InChI=1S/C14H19N3O/c1-10(2)17-9-15-7-12(17)8-16-14-5-4-13(18)6-11(14)3/h4-7,9-10,16,18H,8H2,1-3H3. The van der Waals surface area contributed by atoms with Gasteiger partial charge >= 0.3 is 0 Å². The van der Waals surface area contributed by atoms with Gasteiger partial charge in [0.2, 0.25) is 0 Å². The fraction of sp³-hybridized carbons (Fsp3) is 0.357. The number of phenolic OH excluding ortho intramolecular Hbond substituents is 1. The van der Waals surface area contributed by atoms with E-state index in [2.05, 4.69) is 28.7 Å². The highest BCUT2D eigenvalue weighted by Crippen LogP contribution is 2.21. The average molecular weight is 245 g/mol. The quantitative estimate of drug-likeness (QED) is 0.814. The number of nitrogens with one attached hydrogen (secondary N) is 1. The minimum atomic E-state index is 0.297. The van der Waals surface area contributed by atoms with E-state index in [1.165, 1.54) is 0 Å². The lowest BCUT2D eigenvalue weighted by Crippen LogP contribution is -2.09. The lowest BCUT2D eigenvalue weighted by atomic mass is 10.2. The van der Waals surface area contributed by atoms with E-state index in [0.717, 1.165) is 23.5 Å². The maximum Gasteiger partial charge on any atom is 0.115 e. The third-order valence-corrected chi connectivity index (χ3v) is 2.97. The van der Waals surface area contributed by atoms with Crippen LogP contribution >= 0.6 is 0 Å². The summed E-state index contributed by atoms with van der Waals surface area (Å²) in [6.07, 6.45) is 3.73. The SMILES string of the molecule is Cc1cc(O)ccc1NCc1cncn1C(C)C. The molecular weight excluding hydrogens is 226 g/mol. The molecule has 2 N–H and O–H groups in total. The Labute approximate surface area is 107 Å². The smallest absolute Gasteiger partial charge is 0.115 e. The molecule has 0 amide bonds. The number of aromatic hydroxyl groups is 1. The van der Waals surface area contributed by atoms with Gasteiger partial charge in [0, 0.05) is 17.9 Å². The van der Waals surface area contributed by atoms with Crippen molar-refractivity contribution in [2.24, 2.45) is 0 Å². The monoisotopic (exact) mass is 245 g/mol. The Morgan fingerprint density at radius 1 is 1.39 bits per heavy atom. The predicted molar refractivity (Wildman–Crippen MR) is 72.8 cm³/mol. The van der Waals surface area contributed by atoms with Crippen molar-refractivity contribution in [1.82, 2.24) is 9.55 Å². The molecule has 0 unspecified atom stereocenters. The first-order chi connectivity index (χ1) is 8.58. The summed E-state index contributed by atoms with van der Waals surface area (Å²) >= 11 is 0. The Bertz CT molecular complexity index is 532. The van der Waals surface area contributed by atoms with Crippen LogP contribution in [0, 0.1) is 6.92 Å². The molecule has 0 aliphatic rings. The molecule has 0 bridgehead atoms. The molecular formula is C14H19N3O. The number of imidazole rings is 1. The lowest BCUT2D eigenvalue weighted by molar-refractivity contribution is 0.475. The van der Waals surface area contributed by atoms with Gasteiger partial charge in [-0.3, -0.25) is 0 Å². The predicted octanol–water partition coefficient (Wildman–Crippen LogP) is 3.09. The van der Waals surface area contributed by atoms with Gasteiger partial charge in [-0.05, 0) is 44.5 Å². The highest BCUT2D eigenvalue weighted by atomic mass is 16.3. The van der Waals surface area contributed by atoms with Crippen molar-refractivity contribution in [2.75, 3.05) is 5.32 Å². The number of aryl methyl sites for hydroxylation is 1. The van der Waals surface area contributed by atoms with Gasteiger partial charge in [-0.1, -0.05) is 0 Å². The van der Waals surface area contributed by atoms with Crippen molar-refractivity contribution < 1.29 is 5.11 Å². The van der Waals surface area contributed by atoms with Crippen molar-refractivity contribution >= 4 is 5.69 Å². The van der Waals surface area contributed by atoms with Crippen LogP contribution in [0.4, 0.5) is 5.69 Å². The van der Waals surface area contributed by atoms with E-state index in [0.29, 0.717) is 11.8 Å². The zero-order chi connectivity index (χ0) is 13.1. The van der Waals surface area contributed by atoms with Gasteiger partial charge in [0.15, 0.2) is 0 Å². The summed E-state index contributed by atoms with van der Waals surface area (Å²) in [5.74, 6) is 0.297. The first kappa shape index (κ1) is 12.5. The molecule has 0 fully saturated rings. The maximum absolute atomic E-state index is 9.36. The molecule has 0 radical (unpaired) electrons. The number of anilines is 1. The van der Waals surface area contributed by atoms with Crippen LogP contribution in [0.5, 0.6) is 5.75 Å². The number of nitrogens with zero attached hydrogens (tertiary/aromatic N) is 2. The highest BCUT2D eigenvalue weighted by molar-refractivity contribution is 5.53. The zero-order valence-corrected chi connectivity index (χ0v) is 11.0. The number of rotatable bonds is 4. The topological polar surface area (TPSA) is 50.1 Å². The Kier molecular flexibility index (Phi) is 3.55. The summed E-state index contributed by atoms with van der Waals surface area (Å²) in [6, 6.07) is 5.74. The van der Waals surface area contributed by atoms with Gasteiger partial charge in [0.05, 0.1) is 18.6 Å².